The van der Waals surface area contributed by atoms with Crippen molar-refractivity contribution in [1.29, 1.82) is 0 Å². The van der Waals surface area contributed by atoms with E-state index in [1.54, 1.807) is 44.2 Å². The normalized spacial score (nSPS) is 10.3. The Kier molecular flexibility index (Phi) is 6.55. The molecule has 0 bridgehead atoms. The van der Waals surface area contributed by atoms with Gasteiger partial charge in [0.2, 0.25) is 5.91 Å². The molecule has 0 aromatic heterocycles. The number of nitrogens with one attached hydrogen (secondary N) is 1. The zero-order chi connectivity index (χ0) is 17.5. The van der Waals surface area contributed by atoms with E-state index in [1.165, 1.54) is 16.7 Å². The van der Waals surface area contributed by atoms with Crippen LogP contribution in [-0.2, 0) is 10.5 Å². The number of benzene rings is 2. The topological polar surface area (TPSA) is 47.6 Å². The number of carbonyl (C=O) groups excluding carboxylic acids is 1. The Hall–Kier alpha value is -2.14. The van der Waals surface area contributed by atoms with Crippen LogP contribution in [0, 0.1) is 13.8 Å². The summed E-state index contributed by atoms with van der Waals surface area (Å²) in [7, 11) is 3.16. The molecule has 0 fully saturated rings. The molecular weight excluding hydrogens is 322 g/mol. The molecule has 1 amide bonds. The summed E-state index contributed by atoms with van der Waals surface area (Å²) in [6.07, 6.45) is 0. The summed E-state index contributed by atoms with van der Waals surface area (Å²) in [5.41, 5.74) is 4.42. The predicted octanol–water partition coefficient (Wildman–Crippen LogP) is 4.19. The van der Waals surface area contributed by atoms with Crippen molar-refractivity contribution in [2.75, 3.05) is 25.3 Å². The quantitative estimate of drug-likeness (QED) is 0.817. The average molecular weight is 345 g/mol. The van der Waals surface area contributed by atoms with Crippen LogP contribution >= 0.6 is 11.8 Å². The lowest BCUT2D eigenvalue weighted by molar-refractivity contribution is -0.113. The minimum Gasteiger partial charge on any atom is -0.497 e. The molecule has 0 saturated carbocycles. The largest absolute Gasteiger partial charge is 0.497 e. The molecular formula is C19H23NO3S. The Morgan fingerprint density at radius 3 is 2.58 bits per heavy atom. The van der Waals surface area contributed by atoms with E-state index >= 15 is 0 Å². The smallest absolute Gasteiger partial charge is 0.234 e. The molecule has 0 spiro atoms. The number of ether oxygens (including phenoxy) is 2. The van der Waals surface area contributed by atoms with Crippen LogP contribution < -0.4 is 14.8 Å². The molecule has 5 heteroatoms. The van der Waals surface area contributed by atoms with Crippen LogP contribution in [0.25, 0.3) is 0 Å². The van der Waals surface area contributed by atoms with Crippen LogP contribution in [0.3, 0.4) is 0 Å². The number of methoxy groups -OCH3 is 2. The second-order valence-electron chi connectivity index (χ2n) is 5.54. The highest BCUT2D eigenvalue weighted by molar-refractivity contribution is 7.99. The number of thioether (sulfide) groups is 1. The number of aryl methyl sites for hydroxylation is 2. The molecule has 2 aromatic carbocycles. The molecule has 2 rings (SSSR count). The summed E-state index contributed by atoms with van der Waals surface area (Å²) in [5, 5.41) is 2.88. The minimum atomic E-state index is -0.0474. The van der Waals surface area contributed by atoms with E-state index in [1.807, 2.05) is 0 Å². The van der Waals surface area contributed by atoms with Crippen molar-refractivity contribution in [1.82, 2.24) is 0 Å². The van der Waals surface area contributed by atoms with Gasteiger partial charge in [-0.2, -0.15) is 0 Å². The van der Waals surface area contributed by atoms with Gasteiger partial charge in [-0.1, -0.05) is 23.8 Å². The molecule has 0 unspecified atom stereocenters. The van der Waals surface area contributed by atoms with E-state index in [-0.39, 0.29) is 5.91 Å². The van der Waals surface area contributed by atoms with Gasteiger partial charge in [-0.05, 0) is 37.1 Å². The molecule has 24 heavy (non-hydrogen) atoms. The van der Waals surface area contributed by atoms with E-state index in [2.05, 4.69) is 37.4 Å². The van der Waals surface area contributed by atoms with Gasteiger partial charge < -0.3 is 14.8 Å². The number of hydrogen-bond donors (Lipinski definition) is 1. The second-order valence-corrected chi connectivity index (χ2v) is 6.52. The highest BCUT2D eigenvalue weighted by Crippen LogP contribution is 2.29. The SMILES string of the molecule is COc1ccc(NC(=O)CSCc2cc(C)ccc2C)c(OC)c1. The van der Waals surface area contributed by atoms with Crippen LogP contribution in [0.2, 0.25) is 0 Å². The molecule has 4 nitrogen and oxygen atoms in total. The maximum atomic E-state index is 12.2. The van der Waals surface area contributed by atoms with Crippen molar-refractivity contribution in [3.8, 4) is 11.5 Å². The second kappa shape index (κ2) is 8.64. The molecule has 0 radical (unpaired) electrons. The Balaban J connectivity index is 1.90. The van der Waals surface area contributed by atoms with E-state index in [0.29, 0.717) is 22.9 Å². The zero-order valence-corrected chi connectivity index (χ0v) is 15.3. The summed E-state index contributed by atoms with van der Waals surface area (Å²) < 4.78 is 10.4. The molecule has 0 heterocycles. The van der Waals surface area contributed by atoms with Gasteiger partial charge in [-0.3, -0.25) is 4.79 Å². The third-order valence-electron chi connectivity index (χ3n) is 3.68. The summed E-state index contributed by atoms with van der Waals surface area (Å²) in [6, 6.07) is 11.7. The fourth-order valence-electron chi connectivity index (χ4n) is 2.30. The highest BCUT2D eigenvalue weighted by atomic mass is 32.2. The van der Waals surface area contributed by atoms with Crippen LogP contribution in [0.1, 0.15) is 16.7 Å². The maximum Gasteiger partial charge on any atom is 0.234 e. The van der Waals surface area contributed by atoms with Crippen LogP contribution in [-0.4, -0.2) is 25.9 Å². The Bertz CT molecular complexity index is 716. The van der Waals surface area contributed by atoms with E-state index in [4.69, 9.17) is 9.47 Å². The van der Waals surface area contributed by atoms with Crippen molar-refractivity contribution >= 4 is 23.4 Å². The Morgan fingerprint density at radius 2 is 1.88 bits per heavy atom. The number of anilines is 1. The summed E-state index contributed by atoms with van der Waals surface area (Å²) in [6.45, 7) is 4.17. The summed E-state index contributed by atoms with van der Waals surface area (Å²) >= 11 is 1.60. The summed E-state index contributed by atoms with van der Waals surface area (Å²) in [5.74, 6) is 2.44. The van der Waals surface area contributed by atoms with Crippen LogP contribution in [0.4, 0.5) is 5.69 Å². The fraction of sp³-hybridized carbons (Fsp3) is 0.316. The lowest BCUT2D eigenvalue weighted by Crippen LogP contribution is -2.15. The lowest BCUT2D eigenvalue weighted by atomic mass is 10.1. The molecule has 0 saturated heterocycles. The lowest BCUT2D eigenvalue weighted by Gasteiger charge is -2.12. The average Bonchev–Trinajstić information content (AvgIpc) is 2.58. The molecule has 128 valence electrons. The molecule has 2 aromatic rings. The minimum absolute atomic E-state index is 0.0474. The van der Waals surface area contributed by atoms with Crippen molar-refractivity contribution in [3.05, 3.63) is 53.1 Å². The van der Waals surface area contributed by atoms with Crippen molar-refractivity contribution < 1.29 is 14.3 Å². The van der Waals surface area contributed by atoms with Gasteiger partial charge in [0.25, 0.3) is 0 Å². The third-order valence-corrected chi connectivity index (χ3v) is 4.66. The molecule has 0 aliphatic rings. The van der Waals surface area contributed by atoms with Crippen LogP contribution in [0.15, 0.2) is 36.4 Å². The first-order valence-electron chi connectivity index (χ1n) is 7.69. The highest BCUT2D eigenvalue weighted by Gasteiger charge is 2.09. The first kappa shape index (κ1) is 18.2. The predicted molar refractivity (Wildman–Crippen MR) is 100 cm³/mol. The van der Waals surface area contributed by atoms with E-state index in [0.717, 1.165) is 5.75 Å². The Labute approximate surface area is 147 Å². The standard InChI is InChI=1S/C19H23NO3S/c1-13-5-6-14(2)15(9-13)11-24-12-19(21)20-17-8-7-16(22-3)10-18(17)23-4/h5-10H,11-12H2,1-4H3,(H,20,21). The fourth-order valence-corrected chi connectivity index (χ4v) is 3.19. The Morgan fingerprint density at radius 1 is 1.08 bits per heavy atom. The van der Waals surface area contributed by atoms with Crippen molar-refractivity contribution in [2.45, 2.75) is 19.6 Å². The monoisotopic (exact) mass is 345 g/mol. The number of amides is 1. The zero-order valence-electron chi connectivity index (χ0n) is 14.5. The van der Waals surface area contributed by atoms with Crippen LogP contribution in [0.5, 0.6) is 11.5 Å². The van der Waals surface area contributed by atoms with Gasteiger partial charge in [-0.15, -0.1) is 11.8 Å². The number of rotatable bonds is 7. The number of carbonyl (C=O) groups is 1. The van der Waals surface area contributed by atoms with Crippen molar-refractivity contribution in [3.63, 3.8) is 0 Å². The van der Waals surface area contributed by atoms with Crippen molar-refractivity contribution in [2.24, 2.45) is 0 Å². The van der Waals surface area contributed by atoms with Gasteiger partial charge in [0, 0.05) is 11.8 Å². The van der Waals surface area contributed by atoms with Gasteiger partial charge in [0.05, 0.1) is 25.7 Å². The van der Waals surface area contributed by atoms with Gasteiger partial charge >= 0.3 is 0 Å². The van der Waals surface area contributed by atoms with E-state index in [9.17, 15) is 4.79 Å². The molecule has 0 atom stereocenters. The van der Waals surface area contributed by atoms with Gasteiger partial charge in [0.1, 0.15) is 11.5 Å². The third kappa shape index (κ3) is 4.93. The van der Waals surface area contributed by atoms with Gasteiger partial charge in [0.15, 0.2) is 0 Å². The molecule has 0 aliphatic carbocycles. The summed E-state index contributed by atoms with van der Waals surface area (Å²) in [4.78, 5) is 12.2. The van der Waals surface area contributed by atoms with E-state index < -0.39 is 0 Å². The first-order chi connectivity index (χ1) is 11.5. The molecule has 1 N–H and O–H groups in total. The first-order valence-corrected chi connectivity index (χ1v) is 8.84. The van der Waals surface area contributed by atoms with Gasteiger partial charge in [-0.25, -0.2) is 0 Å². The number of hydrogen-bond acceptors (Lipinski definition) is 4. The molecule has 0 aliphatic heterocycles. The maximum absolute atomic E-state index is 12.2.